The van der Waals surface area contributed by atoms with Gasteiger partial charge >= 0.3 is 6.03 Å². The minimum atomic E-state index is -0.334. The number of hydrogen-bond donors (Lipinski definition) is 2. The number of urea groups is 1. The highest BCUT2D eigenvalue weighted by Crippen LogP contribution is 2.34. The third-order valence-electron chi connectivity index (χ3n) is 3.95. The standard InChI is InChI=1S/C18H23N3O4/c1-11(2)17(20-18(22)19-16-9-12(3)25-21-16)13-5-6-14-15(10-13)24-8-4-7-23-14/h5-6,9-11,17H,4,7-8H2,1-3H3,(H2,19,20,21,22)/t17-/m1/s1. The van der Waals surface area contributed by atoms with Crippen LogP contribution in [0.25, 0.3) is 0 Å². The lowest BCUT2D eigenvalue weighted by molar-refractivity contribution is 0.244. The first-order valence-corrected chi connectivity index (χ1v) is 8.43. The molecule has 2 heterocycles. The summed E-state index contributed by atoms with van der Waals surface area (Å²) in [5.74, 6) is 2.67. The van der Waals surface area contributed by atoms with Crippen LogP contribution in [-0.4, -0.2) is 24.4 Å². The number of aryl methyl sites for hydroxylation is 1. The molecule has 3 rings (SSSR count). The molecule has 2 aromatic rings. The van der Waals surface area contributed by atoms with Gasteiger partial charge in [-0.05, 0) is 30.5 Å². The van der Waals surface area contributed by atoms with Crippen molar-refractivity contribution < 1.29 is 18.8 Å². The highest BCUT2D eigenvalue weighted by molar-refractivity contribution is 5.88. The van der Waals surface area contributed by atoms with Gasteiger partial charge in [0, 0.05) is 12.5 Å². The monoisotopic (exact) mass is 345 g/mol. The molecular formula is C18H23N3O4. The van der Waals surface area contributed by atoms with Gasteiger partial charge in [0.25, 0.3) is 0 Å². The average molecular weight is 345 g/mol. The summed E-state index contributed by atoms with van der Waals surface area (Å²) in [5.41, 5.74) is 0.964. The fraction of sp³-hybridized carbons (Fsp3) is 0.444. The van der Waals surface area contributed by atoms with Gasteiger partial charge in [-0.15, -0.1) is 0 Å². The summed E-state index contributed by atoms with van der Waals surface area (Å²) < 4.78 is 16.4. The zero-order valence-electron chi connectivity index (χ0n) is 14.7. The van der Waals surface area contributed by atoms with E-state index >= 15 is 0 Å². The number of rotatable bonds is 4. The lowest BCUT2D eigenvalue weighted by atomic mass is 9.96. The zero-order chi connectivity index (χ0) is 17.8. The maximum atomic E-state index is 12.3. The Kier molecular flexibility index (Phi) is 5.11. The molecule has 0 unspecified atom stereocenters. The minimum absolute atomic E-state index is 0.176. The number of nitrogens with one attached hydrogen (secondary N) is 2. The number of benzene rings is 1. The second kappa shape index (κ2) is 7.46. The third-order valence-corrected chi connectivity index (χ3v) is 3.95. The first-order valence-electron chi connectivity index (χ1n) is 8.43. The second-order valence-corrected chi connectivity index (χ2v) is 6.40. The number of amides is 2. The smallest absolute Gasteiger partial charge is 0.320 e. The molecule has 1 aromatic carbocycles. The van der Waals surface area contributed by atoms with Crippen LogP contribution in [0.4, 0.5) is 10.6 Å². The number of hydrogen-bond acceptors (Lipinski definition) is 5. The first kappa shape index (κ1) is 17.1. The largest absolute Gasteiger partial charge is 0.490 e. The maximum Gasteiger partial charge on any atom is 0.320 e. The fourth-order valence-corrected chi connectivity index (χ4v) is 2.73. The normalized spacial score (nSPS) is 14.7. The summed E-state index contributed by atoms with van der Waals surface area (Å²) in [6, 6.07) is 6.94. The Bertz CT molecular complexity index is 742. The summed E-state index contributed by atoms with van der Waals surface area (Å²) in [6.45, 7) is 7.15. The Labute approximate surface area is 146 Å². The molecule has 0 bridgehead atoms. The molecule has 0 spiro atoms. The van der Waals surface area contributed by atoms with E-state index in [0.717, 1.165) is 23.5 Å². The maximum absolute atomic E-state index is 12.3. The molecule has 0 saturated carbocycles. The van der Waals surface area contributed by atoms with Crippen molar-refractivity contribution in [1.29, 1.82) is 0 Å². The summed E-state index contributed by atoms with van der Waals surface area (Å²) in [6.07, 6.45) is 0.857. The van der Waals surface area contributed by atoms with E-state index in [4.69, 9.17) is 14.0 Å². The molecule has 134 valence electrons. The van der Waals surface area contributed by atoms with Gasteiger partial charge in [0.1, 0.15) is 5.76 Å². The Hall–Kier alpha value is -2.70. The van der Waals surface area contributed by atoms with E-state index in [0.29, 0.717) is 24.8 Å². The molecular weight excluding hydrogens is 322 g/mol. The van der Waals surface area contributed by atoms with E-state index in [1.807, 2.05) is 32.0 Å². The molecule has 7 nitrogen and oxygen atoms in total. The van der Waals surface area contributed by atoms with Crippen LogP contribution in [-0.2, 0) is 0 Å². The van der Waals surface area contributed by atoms with Crippen molar-refractivity contribution in [1.82, 2.24) is 10.5 Å². The second-order valence-electron chi connectivity index (χ2n) is 6.40. The number of carbonyl (C=O) groups excluding carboxylic acids is 1. The molecule has 1 aliphatic rings. The van der Waals surface area contributed by atoms with Crippen LogP contribution >= 0.6 is 0 Å². The fourth-order valence-electron chi connectivity index (χ4n) is 2.73. The molecule has 2 amide bonds. The van der Waals surface area contributed by atoms with Gasteiger partial charge in [-0.2, -0.15) is 0 Å². The zero-order valence-corrected chi connectivity index (χ0v) is 14.7. The predicted octanol–water partition coefficient (Wildman–Crippen LogP) is 3.66. The van der Waals surface area contributed by atoms with Crippen molar-refractivity contribution in [3.8, 4) is 11.5 Å². The summed E-state index contributed by atoms with van der Waals surface area (Å²) in [4.78, 5) is 12.3. The van der Waals surface area contributed by atoms with Gasteiger partial charge in [0.15, 0.2) is 17.3 Å². The number of carbonyl (C=O) groups is 1. The van der Waals surface area contributed by atoms with Crippen molar-refractivity contribution >= 4 is 11.8 Å². The first-order chi connectivity index (χ1) is 12.0. The summed E-state index contributed by atoms with van der Waals surface area (Å²) in [5, 5.41) is 9.43. The van der Waals surface area contributed by atoms with E-state index < -0.39 is 0 Å². The lowest BCUT2D eigenvalue weighted by Gasteiger charge is -2.23. The Morgan fingerprint density at radius 2 is 1.92 bits per heavy atom. The molecule has 7 heteroatoms. The number of fused-ring (bicyclic) bond motifs is 1. The van der Waals surface area contributed by atoms with Crippen molar-refractivity contribution in [2.75, 3.05) is 18.5 Å². The molecule has 0 fully saturated rings. The average Bonchev–Trinajstić information content (AvgIpc) is 2.83. The van der Waals surface area contributed by atoms with Crippen molar-refractivity contribution in [3.63, 3.8) is 0 Å². The van der Waals surface area contributed by atoms with Crippen LogP contribution in [0, 0.1) is 12.8 Å². The van der Waals surface area contributed by atoms with E-state index in [1.165, 1.54) is 0 Å². The molecule has 0 aliphatic carbocycles. The van der Waals surface area contributed by atoms with Crippen molar-refractivity contribution in [3.05, 3.63) is 35.6 Å². The summed E-state index contributed by atoms with van der Waals surface area (Å²) >= 11 is 0. The molecule has 25 heavy (non-hydrogen) atoms. The highest BCUT2D eigenvalue weighted by Gasteiger charge is 2.21. The quantitative estimate of drug-likeness (QED) is 0.883. The van der Waals surface area contributed by atoms with Crippen molar-refractivity contribution in [2.45, 2.75) is 33.2 Å². The van der Waals surface area contributed by atoms with E-state index in [-0.39, 0.29) is 18.0 Å². The minimum Gasteiger partial charge on any atom is -0.490 e. The van der Waals surface area contributed by atoms with Crippen LogP contribution < -0.4 is 20.1 Å². The van der Waals surface area contributed by atoms with Crippen LogP contribution in [0.2, 0.25) is 0 Å². The van der Waals surface area contributed by atoms with Crippen LogP contribution in [0.3, 0.4) is 0 Å². The predicted molar refractivity (Wildman–Crippen MR) is 93.0 cm³/mol. The van der Waals surface area contributed by atoms with Gasteiger partial charge < -0.3 is 19.3 Å². The highest BCUT2D eigenvalue weighted by atomic mass is 16.5. The molecule has 1 aliphatic heterocycles. The van der Waals surface area contributed by atoms with Gasteiger partial charge in [0.05, 0.1) is 19.3 Å². The molecule has 0 radical (unpaired) electrons. The third kappa shape index (κ3) is 4.23. The lowest BCUT2D eigenvalue weighted by Crippen LogP contribution is -2.35. The SMILES string of the molecule is Cc1cc(NC(=O)N[C@@H](c2ccc3c(c2)OCCCO3)C(C)C)no1. The van der Waals surface area contributed by atoms with Crippen LogP contribution in [0.5, 0.6) is 11.5 Å². The van der Waals surface area contributed by atoms with Gasteiger partial charge in [-0.25, -0.2) is 4.79 Å². The van der Waals surface area contributed by atoms with Gasteiger partial charge in [0.2, 0.25) is 0 Å². The van der Waals surface area contributed by atoms with E-state index in [1.54, 1.807) is 13.0 Å². The van der Waals surface area contributed by atoms with Crippen molar-refractivity contribution in [2.24, 2.45) is 5.92 Å². The van der Waals surface area contributed by atoms with Gasteiger partial charge in [-0.3, -0.25) is 5.32 Å². The van der Waals surface area contributed by atoms with E-state index in [9.17, 15) is 4.79 Å². The summed E-state index contributed by atoms with van der Waals surface area (Å²) in [7, 11) is 0. The number of aromatic nitrogens is 1. The molecule has 1 atom stereocenters. The Balaban J connectivity index is 1.74. The molecule has 2 N–H and O–H groups in total. The number of ether oxygens (including phenoxy) is 2. The van der Waals surface area contributed by atoms with Crippen LogP contribution in [0.1, 0.15) is 37.6 Å². The Morgan fingerprint density at radius 3 is 2.60 bits per heavy atom. The van der Waals surface area contributed by atoms with Gasteiger partial charge in [-0.1, -0.05) is 25.1 Å². The number of anilines is 1. The Morgan fingerprint density at radius 1 is 1.16 bits per heavy atom. The van der Waals surface area contributed by atoms with Crippen LogP contribution in [0.15, 0.2) is 28.8 Å². The molecule has 0 saturated heterocycles. The number of nitrogens with zero attached hydrogens (tertiary/aromatic N) is 1. The topological polar surface area (TPSA) is 85.6 Å². The molecule has 1 aromatic heterocycles. The van der Waals surface area contributed by atoms with E-state index in [2.05, 4.69) is 15.8 Å².